The summed E-state index contributed by atoms with van der Waals surface area (Å²) < 4.78 is 0. The number of hydrogen-bond donors (Lipinski definition) is 1. The van der Waals surface area contributed by atoms with Gasteiger partial charge in [-0.15, -0.1) is 0 Å². The molecule has 1 nitrogen and oxygen atoms in total. The molecule has 0 aliphatic carbocycles. The van der Waals surface area contributed by atoms with Crippen molar-refractivity contribution in [3.8, 4) is 0 Å². The number of aromatic amines is 1. The van der Waals surface area contributed by atoms with Crippen LogP contribution in [0.5, 0.6) is 0 Å². The third-order valence-electron chi connectivity index (χ3n) is 5.78. The minimum absolute atomic E-state index is 1.27. The second kappa shape index (κ2) is 16.5. The van der Waals surface area contributed by atoms with Crippen LogP contribution in [-0.2, 0) is 19.3 Å². The van der Waals surface area contributed by atoms with Gasteiger partial charge in [0.05, 0.1) is 0 Å². The molecule has 1 aromatic rings. The van der Waals surface area contributed by atoms with Crippen molar-refractivity contribution in [3.05, 3.63) is 23.0 Å². The Hall–Kier alpha value is -0.720. The van der Waals surface area contributed by atoms with E-state index >= 15 is 0 Å². The zero-order valence-corrected chi connectivity index (χ0v) is 18.3. The third-order valence-corrected chi connectivity index (χ3v) is 5.78. The maximum Gasteiger partial charge on any atom is 0.0182 e. The lowest BCUT2D eigenvalue weighted by atomic mass is 9.96. The molecule has 0 aliphatic rings. The molecule has 0 spiro atoms. The number of aryl methyl sites for hydroxylation is 2. The number of rotatable bonds is 18. The van der Waals surface area contributed by atoms with Gasteiger partial charge in [-0.05, 0) is 49.7 Å². The van der Waals surface area contributed by atoms with Gasteiger partial charge in [-0.2, -0.15) is 0 Å². The molecule has 1 aromatic heterocycles. The Labute approximate surface area is 164 Å². The average molecular weight is 362 g/mol. The van der Waals surface area contributed by atoms with Crippen LogP contribution < -0.4 is 0 Å². The molecule has 0 unspecified atom stereocenters. The molecule has 26 heavy (non-hydrogen) atoms. The van der Waals surface area contributed by atoms with E-state index in [-0.39, 0.29) is 0 Å². The van der Waals surface area contributed by atoms with Gasteiger partial charge >= 0.3 is 0 Å². The Bertz CT molecular complexity index is 386. The first kappa shape index (κ1) is 23.3. The van der Waals surface area contributed by atoms with Crippen molar-refractivity contribution >= 4 is 0 Å². The van der Waals surface area contributed by atoms with E-state index in [1.807, 2.05) is 0 Å². The zero-order valence-electron chi connectivity index (χ0n) is 18.3. The lowest BCUT2D eigenvalue weighted by molar-refractivity contribution is 0.613. The Kier molecular flexibility index (Phi) is 14.8. The molecule has 152 valence electrons. The summed E-state index contributed by atoms with van der Waals surface area (Å²) in [6.07, 6.45) is 27.0. The molecule has 1 rings (SSSR count). The van der Waals surface area contributed by atoms with E-state index in [2.05, 4.69) is 32.0 Å². The smallest absolute Gasteiger partial charge is 0.0182 e. The van der Waals surface area contributed by atoms with Gasteiger partial charge in [-0.25, -0.2) is 0 Å². The summed E-state index contributed by atoms with van der Waals surface area (Å²) >= 11 is 0. The normalized spacial score (nSPS) is 11.3. The largest absolute Gasteiger partial charge is 0.364 e. The topological polar surface area (TPSA) is 15.8 Å². The lowest BCUT2D eigenvalue weighted by Gasteiger charge is -2.09. The van der Waals surface area contributed by atoms with Gasteiger partial charge in [0.25, 0.3) is 0 Å². The van der Waals surface area contributed by atoms with Crippen LogP contribution >= 0.6 is 0 Å². The quantitative estimate of drug-likeness (QED) is 0.252. The van der Waals surface area contributed by atoms with Crippen LogP contribution in [0, 0.1) is 0 Å². The highest BCUT2D eigenvalue weighted by atomic mass is 14.7. The van der Waals surface area contributed by atoms with Gasteiger partial charge in [0, 0.05) is 11.9 Å². The number of nitrogens with one attached hydrogen (secondary N) is 1. The van der Waals surface area contributed by atoms with Crippen molar-refractivity contribution in [2.24, 2.45) is 0 Å². The predicted molar refractivity (Wildman–Crippen MR) is 118 cm³/mol. The van der Waals surface area contributed by atoms with Crippen molar-refractivity contribution in [2.45, 2.75) is 136 Å². The van der Waals surface area contributed by atoms with Crippen molar-refractivity contribution in [1.29, 1.82) is 0 Å². The molecule has 1 heteroatoms. The van der Waals surface area contributed by atoms with Crippen molar-refractivity contribution in [3.63, 3.8) is 0 Å². The summed E-state index contributed by atoms with van der Waals surface area (Å²) in [6.45, 7) is 6.91. The summed E-state index contributed by atoms with van der Waals surface area (Å²) in [6, 6.07) is 0. The predicted octanol–water partition coefficient (Wildman–Crippen LogP) is 8.55. The van der Waals surface area contributed by atoms with Gasteiger partial charge in [-0.1, -0.05) is 97.8 Å². The Balaban J connectivity index is 2.48. The molecule has 0 aromatic carbocycles. The molecule has 1 N–H and O–H groups in total. The van der Waals surface area contributed by atoms with Crippen LogP contribution in [0.1, 0.15) is 134 Å². The maximum atomic E-state index is 3.67. The first-order valence-corrected chi connectivity index (χ1v) is 12.0. The van der Waals surface area contributed by atoms with E-state index in [9.17, 15) is 0 Å². The summed E-state index contributed by atoms with van der Waals surface area (Å²) in [5.74, 6) is 0. The fourth-order valence-electron chi connectivity index (χ4n) is 4.03. The molecule has 0 amide bonds. The van der Waals surface area contributed by atoms with E-state index in [0.29, 0.717) is 0 Å². The minimum Gasteiger partial charge on any atom is -0.364 e. The summed E-state index contributed by atoms with van der Waals surface area (Å²) in [7, 11) is 0. The zero-order chi connectivity index (χ0) is 18.9. The van der Waals surface area contributed by atoms with E-state index < -0.39 is 0 Å². The molecular formula is C25H47N. The first-order valence-electron chi connectivity index (χ1n) is 12.0. The van der Waals surface area contributed by atoms with Crippen LogP contribution in [0.2, 0.25) is 0 Å². The fraction of sp³-hybridized carbons (Fsp3) is 0.840. The van der Waals surface area contributed by atoms with Gasteiger partial charge in [0.2, 0.25) is 0 Å². The Morgan fingerprint density at radius 2 is 1.00 bits per heavy atom. The molecule has 1 heterocycles. The van der Waals surface area contributed by atoms with E-state index in [1.165, 1.54) is 116 Å². The standard InChI is InChI=1S/C25H47N/c1-4-7-10-13-16-19-23-22-26-25(21-18-15-12-9-6-3)24(23)20-17-14-11-8-5-2/h22,26H,4-21H2,1-3H3. The molecule has 0 saturated heterocycles. The van der Waals surface area contributed by atoms with Crippen LogP contribution in [0.25, 0.3) is 0 Å². The van der Waals surface area contributed by atoms with Crippen molar-refractivity contribution in [1.82, 2.24) is 4.98 Å². The van der Waals surface area contributed by atoms with E-state index in [4.69, 9.17) is 0 Å². The van der Waals surface area contributed by atoms with Gasteiger partial charge in [0.1, 0.15) is 0 Å². The van der Waals surface area contributed by atoms with Gasteiger partial charge in [-0.3, -0.25) is 0 Å². The van der Waals surface area contributed by atoms with Crippen LogP contribution in [-0.4, -0.2) is 4.98 Å². The molecule has 0 bridgehead atoms. The molecule has 0 fully saturated rings. The molecule has 0 atom stereocenters. The highest BCUT2D eigenvalue weighted by Crippen LogP contribution is 2.22. The summed E-state index contributed by atoms with van der Waals surface area (Å²) in [4.78, 5) is 3.67. The highest BCUT2D eigenvalue weighted by Gasteiger charge is 2.11. The minimum atomic E-state index is 1.27. The summed E-state index contributed by atoms with van der Waals surface area (Å²) in [5, 5.41) is 0. The highest BCUT2D eigenvalue weighted by molar-refractivity contribution is 5.31. The van der Waals surface area contributed by atoms with Gasteiger partial charge < -0.3 is 4.98 Å². The van der Waals surface area contributed by atoms with Crippen LogP contribution in [0.15, 0.2) is 6.20 Å². The maximum absolute atomic E-state index is 3.67. The Morgan fingerprint density at radius 3 is 1.54 bits per heavy atom. The number of unbranched alkanes of at least 4 members (excludes halogenated alkanes) is 12. The third kappa shape index (κ3) is 10.4. The van der Waals surface area contributed by atoms with Gasteiger partial charge in [0.15, 0.2) is 0 Å². The lowest BCUT2D eigenvalue weighted by Crippen LogP contribution is -1.97. The number of aromatic nitrogens is 1. The van der Waals surface area contributed by atoms with Crippen LogP contribution in [0.3, 0.4) is 0 Å². The SMILES string of the molecule is CCCCCCCc1c[nH]c(CCCCCCC)c1CCCCCCC. The van der Waals surface area contributed by atoms with E-state index in [1.54, 1.807) is 16.8 Å². The monoisotopic (exact) mass is 361 g/mol. The number of H-pyrrole nitrogens is 1. The van der Waals surface area contributed by atoms with Crippen molar-refractivity contribution in [2.75, 3.05) is 0 Å². The Morgan fingerprint density at radius 1 is 0.538 bits per heavy atom. The van der Waals surface area contributed by atoms with E-state index in [0.717, 1.165) is 0 Å². The first-order chi connectivity index (χ1) is 12.8. The second-order valence-electron chi connectivity index (χ2n) is 8.26. The van der Waals surface area contributed by atoms with Crippen LogP contribution in [0.4, 0.5) is 0 Å². The molecule has 0 radical (unpaired) electrons. The average Bonchev–Trinajstić information content (AvgIpc) is 3.03. The molecular weight excluding hydrogens is 314 g/mol. The fourth-order valence-corrected chi connectivity index (χ4v) is 4.03. The molecule has 0 saturated carbocycles. The summed E-state index contributed by atoms with van der Waals surface area (Å²) in [5.41, 5.74) is 4.91. The molecule has 0 aliphatic heterocycles. The second-order valence-corrected chi connectivity index (χ2v) is 8.26. The van der Waals surface area contributed by atoms with Crippen molar-refractivity contribution < 1.29 is 0 Å². The number of hydrogen-bond acceptors (Lipinski definition) is 0.